The molecule has 2 heterocycles. The highest BCUT2D eigenvalue weighted by Gasteiger charge is 2.20. The molecule has 100 valence electrons. The fourth-order valence-electron chi connectivity index (χ4n) is 2.36. The van der Waals surface area contributed by atoms with Crippen LogP contribution in [-0.2, 0) is 0 Å². The number of aromatic nitrogens is 1. The molecule has 1 aliphatic rings. The molecule has 2 rings (SSSR count). The minimum Gasteiger partial charge on any atom is -0.481 e. The Morgan fingerprint density at radius 2 is 2.00 bits per heavy atom. The van der Waals surface area contributed by atoms with Crippen LogP contribution in [0.15, 0.2) is 18.3 Å². The number of pyridine rings is 1. The molecule has 4 nitrogen and oxygen atoms in total. The first-order chi connectivity index (χ1) is 8.74. The largest absolute Gasteiger partial charge is 0.481 e. The minimum absolute atomic E-state index is 0.678. The highest BCUT2D eigenvalue weighted by atomic mass is 16.5. The van der Waals surface area contributed by atoms with Gasteiger partial charge in [0.05, 0.1) is 19.0 Å². The summed E-state index contributed by atoms with van der Waals surface area (Å²) in [6.07, 6.45) is 3.13. The monoisotopic (exact) mass is 249 g/mol. The van der Waals surface area contributed by atoms with E-state index in [2.05, 4.69) is 34.7 Å². The van der Waals surface area contributed by atoms with Gasteiger partial charge in [0.25, 0.3) is 0 Å². The van der Waals surface area contributed by atoms with Crippen LogP contribution in [0.3, 0.4) is 0 Å². The summed E-state index contributed by atoms with van der Waals surface area (Å²) in [5.74, 6) is 0.678. The van der Waals surface area contributed by atoms with Crippen LogP contribution in [-0.4, -0.2) is 49.2 Å². The van der Waals surface area contributed by atoms with Crippen LogP contribution in [0.2, 0.25) is 0 Å². The van der Waals surface area contributed by atoms with Gasteiger partial charge < -0.3 is 9.64 Å². The quantitative estimate of drug-likeness (QED) is 0.816. The van der Waals surface area contributed by atoms with Crippen molar-refractivity contribution in [1.29, 1.82) is 0 Å². The standard InChI is InChI=1S/C14H23N3O/c1-4-12(2)16-7-9-17(10-8-16)13-5-6-14(18-3)15-11-13/h5-6,11-12H,4,7-10H2,1-3H3. The van der Waals surface area contributed by atoms with Crippen LogP contribution < -0.4 is 9.64 Å². The molecule has 1 saturated heterocycles. The average molecular weight is 249 g/mol. The second-order valence-corrected chi connectivity index (χ2v) is 4.84. The molecule has 1 atom stereocenters. The van der Waals surface area contributed by atoms with E-state index in [1.165, 1.54) is 12.1 Å². The smallest absolute Gasteiger partial charge is 0.213 e. The van der Waals surface area contributed by atoms with E-state index in [0.29, 0.717) is 11.9 Å². The Labute approximate surface area is 110 Å². The Morgan fingerprint density at radius 3 is 2.50 bits per heavy atom. The van der Waals surface area contributed by atoms with Crippen molar-refractivity contribution in [3.63, 3.8) is 0 Å². The first-order valence-electron chi connectivity index (χ1n) is 6.73. The van der Waals surface area contributed by atoms with Crippen LogP contribution in [0.25, 0.3) is 0 Å². The third kappa shape index (κ3) is 2.93. The van der Waals surface area contributed by atoms with Gasteiger partial charge in [-0.05, 0) is 19.4 Å². The second kappa shape index (κ2) is 6.05. The van der Waals surface area contributed by atoms with Crippen molar-refractivity contribution in [2.24, 2.45) is 0 Å². The molecule has 1 unspecified atom stereocenters. The number of methoxy groups -OCH3 is 1. The van der Waals surface area contributed by atoms with Crippen LogP contribution in [0.4, 0.5) is 5.69 Å². The molecule has 0 amide bonds. The lowest BCUT2D eigenvalue weighted by molar-refractivity contribution is 0.193. The normalized spacial score (nSPS) is 18.7. The van der Waals surface area contributed by atoms with Gasteiger partial charge in [-0.15, -0.1) is 0 Å². The van der Waals surface area contributed by atoms with Crippen LogP contribution in [0.5, 0.6) is 5.88 Å². The highest BCUT2D eigenvalue weighted by molar-refractivity contribution is 5.45. The third-order valence-electron chi connectivity index (χ3n) is 3.82. The van der Waals surface area contributed by atoms with Gasteiger partial charge in [-0.1, -0.05) is 6.92 Å². The van der Waals surface area contributed by atoms with Gasteiger partial charge in [-0.2, -0.15) is 0 Å². The summed E-state index contributed by atoms with van der Waals surface area (Å²) in [4.78, 5) is 9.22. The van der Waals surface area contributed by atoms with E-state index in [1.807, 2.05) is 12.3 Å². The fourth-order valence-corrected chi connectivity index (χ4v) is 2.36. The predicted octanol–water partition coefficient (Wildman–Crippen LogP) is 2.01. The van der Waals surface area contributed by atoms with Crippen LogP contribution in [0, 0.1) is 0 Å². The topological polar surface area (TPSA) is 28.6 Å². The second-order valence-electron chi connectivity index (χ2n) is 4.84. The maximum Gasteiger partial charge on any atom is 0.213 e. The lowest BCUT2D eigenvalue weighted by atomic mass is 10.2. The van der Waals surface area contributed by atoms with Crippen molar-refractivity contribution in [2.75, 3.05) is 38.2 Å². The van der Waals surface area contributed by atoms with Gasteiger partial charge in [-0.3, -0.25) is 4.90 Å². The fraction of sp³-hybridized carbons (Fsp3) is 0.643. The van der Waals surface area contributed by atoms with Gasteiger partial charge in [0.15, 0.2) is 0 Å². The number of rotatable bonds is 4. The summed E-state index contributed by atoms with van der Waals surface area (Å²) in [6, 6.07) is 4.71. The molecule has 1 aliphatic heterocycles. The molecular formula is C14H23N3O. The van der Waals surface area contributed by atoms with E-state index in [-0.39, 0.29) is 0 Å². The predicted molar refractivity (Wildman–Crippen MR) is 74.3 cm³/mol. The number of nitrogens with zero attached hydrogens (tertiary/aromatic N) is 3. The van der Waals surface area contributed by atoms with E-state index in [9.17, 15) is 0 Å². The van der Waals surface area contributed by atoms with Crippen LogP contribution in [0.1, 0.15) is 20.3 Å². The summed E-state index contributed by atoms with van der Waals surface area (Å²) >= 11 is 0. The van der Waals surface area contributed by atoms with Crippen LogP contribution >= 0.6 is 0 Å². The molecular weight excluding hydrogens is 226 g/mol. The Balaban J connectivity index is 1.92. The Bertz CT molecular complexity index is 358. The van der Waals surface area contributed by atoms with Gasteiger partial charge in [0.2, 0.25) is 5.88 Å². The molecule has 0 saturated carbocycles. The van der Waals surface area contributed by atoms with Crippen molar-refractivity contribution >= 4 is 5.69 Å². The van der Waals surface area contributed by atoms with Gasteiger partial charge in [0.1, 0.15) is 0 Å². The summed E-state index contributed by atoms with van der Waals surface area (Å²) in [6.45, 7) is 9.01. The zero-order chi connectivity index (χ0) is 13.0. The SMILES string of the molecule is CCC(C)N1CCN(c2ccc(OC)nc2)CC1. The first kappa shape index (κ1) is 13.1. The van der Waals surface area contributed by atoms with E-state index in [0.717, 1.165) is 26.2 Å². The van der Waals surface area contributed by atoms with E-state index in [4.69, 9.17) is 4.74 Å². The van der Waals surface area contributed by atoms with E-state index in [1.54, 1.807) is 7.11 Å². The maximum atomic E-state index is 5.08. The number of anilines is 1. The Hall–Kier alpha value is -1.29. The number of ether oxygens (including phenoxy) is 1. The molecule has 0 aliphatic carbocycles. The van der Waals surface area contributed by atoms with Gasteiger partial charge in [-0.25, -0.2) is 4.98 Å². The van der Waals surface area contributed by atoms with Gasteiger partial charge >= 0.3 is 0 Å². The number of hydrogen-bond donors (Lipinski definition) is 0. The first-order valence-corrected chi connectivity index (χ1v) is 6.73. The summed E-state index contributed by atoms with van der Waals surface area (Å²) in [5, 5.41) is 0. The molecule has 1 fully saturated rings. The zero-order valence-corrected chi connectivity index (χ0v) is 11.6. The lowest BCUT2D eigenvalue weighted by Crippen LogP contribution is -2.49. The van der Waals surface area contributed by atoms with E-state index >= 15 is 0 Å². The average Bonchev–Trinajstić information content (AvgIpc) is 2.47. The molecule has 0 aromatic carbocycles. The molecule has 0 radical (unpaired) electrons. The third-order valence-corrected chi connectivity index (χ3v) is 3.82. The Morgan fingerprint density at radius 1 is 1.28 bits per heavy atom. The van der Waals surface area contributed by atoms with E-state index < -0.39 is 0 Å². The number of piperazine rings is 1. The summed E-state index contributed by atoms with van der Waals surface area (Å²) < 4.78 is 5.08. The van der Waals surface area contributed by atoms with Crippen molar-refractivity contribution in [3.8, 4) is 5.88 Å². The van der Waals surface area contributed by atoms with Crippen molar-refractivity contribution in [1.82, 2.24) is 9.88 Å². The Kier molecular flexibility index (Phi) is 4.42. The molecule has 0 N–H and O–H groups in total. The molecule has 1 aromatic heterocycles. The highest BCUT2D eigenvalue weighted by Crippen LogP contribution is 2.18. The van der Waals surface area contributed by atoms with Crippen molar-refractivity contribution in [3.05, 3.63) is 18.3 Å². The van der Waals surface area contributed by atoms with Gasteiger partial charge in [0, 0.05) is 38.3 Å². The summed E-state index contributed by atoms with van der Waals surface area (Å²) in [5.41, 5.74) is 1.19. The minimum atomic E-state index is 0.678. The molecule has 1 aromatic rings. The maximum absolute atomic E-state index is 5.08. The number of hydrogen-bond acceptors (Lipinski definition) is 4. The summed E-state index contributed by atoms with van der Waals surface area (Å²) in [7, 11) is 1.65. The zero-order valence-electron chi connectivity index (χ0n) is 11.6. The molecule has 0 bridgehead atoms. The van der Waals surface area contributed by atoms with Crippen molar-refractivity contribution < 1.29 is 4.74 Å². The van der Waals surface area contributed by atoms with Crippen molar-refractivity contribution in [2.45, 2.75) is 26.3 Å². The molecule has 18 heavy (non-hydrogen) atoms. The lowest BCUT2D eigenvalue weighted by Gasteiger charge is -2.38. The molecule has 0 spiro atoms. The molecule has 4 heteroatoms.